The van der Waals surface area contributed by atoms with Crippen molar-refractivity contribution in [1.29, 1.82) is 0 Å². The number of carbonyl (C=O) groups is 1. The summed E-state index contributed by atoms with van der Waals surface area (Å²) in [7, 11) is 0. The van der Waals surface area contributed by atoms with E-state index < -0.39 is 11.5 Å². The van der Waals surface area contributed by atoms with Crippen molar-refractivity contribution in [2.24, 2.45) is 0 Å². The first-order chi connectivity index (χ1) is 9.50. The summed E-state index contributed by atoms with van der Waals surface area (Å²) >= 11 is 0. The van der Waals surface area contributed by atoms with Crippen LogP contribution in [0.5, 0.6) is 0 Å². The number of aliphatic carboxylic acids is 1. The van der Waals surface area contributed by atoms with Crippen LogP contribution in [-0.4, -0.2) is 15.6 Å². The first-order valence-electron chi connectivity index (χ1n) is 6.71. The van der Waals surface area contributed by atoms with Gasteiger partial charge in [0.2, 0.25) is 0 Å². The molecule has 20 heavy (non-hydrogen) atoms. The molecule has 0 atom stereocenters. The van der Waals surface area contributed by atoms with Gasteiger partial charge in [0.1, 0.15) is 0 Å². The number of hydrogen-bond acceptors (Lipinski definition) is 1. The van der Waals surface area contributed by atoms with Gasteiger partial charge in [-0.15, -0.1) is 0 Å². The lowest BCUT2D eigenvalue weighted by atomic mass is 10.00. The number of nitrogens with zero attached hydrogens (tertiary/aromatic N) is 1. The van der Waals surface area contributed by atoms with Crippen LogP contribution in [0.1, 0.15) is 20.3 Å². The quantitative estimate of drug-likeness (QED) is 0.779. The fourth-order valence-corrected chi connectivity index (χ4v) is 3.02. The maximum atomic E-state index is 11.2. The Labute approximate surface area is 117 Å². The Kier molecular flexibility index (Phi) is 2.78. The van der Waals surface area contributed by atoms with Gasteiger partial charge in [0.25, 0.3) is 0 Å². The maximum Gasteiger partial charge on any atom is 0.305 e. The van der Waals surface area contributed by atoms with E-state index in [-0.39, 0.29) is 6.42 Å². The fraction of sp³-hybridized carbons (Fsp3) is 0.235. The first kappa shape index (κ1) is 12.7. The van der Waals surface area contributed by atoms with Crippen molar-refractivity contribution in [1.82, 2.24) is 4.57 Å². The number of aromatic nitrogens is 1. The van der Waals surface area contributed by atoms with Gasteiger partial charge in [0.05, 0.1) is 6.42 Å². The van der Waals surface area contributed by atoms with E-state index in [1.807, 2.05) is 38.1 Å². The molecule has 3 nitrogen and oxygen atoms in total. The summed E-state index contributed by atoms with van der Waals surface area (Å²) in [5.41, 5.74) is 1.69. The molecule has 0 fully saturated rings. The van der Waals surface area contributed by atoms with Crippen molar-refractivity contribution >= 4 is 27.8 Å². The molecule has 0 radical (unpaired) electrons. The highest BCUT2D eigenvalue weighted by Crippen LogP contribution is 2.35. The van der Waals surface area contributed by atoms with Gasteiger partial charge in [0.15, 0.2) is 0 Å². The molecule has 3 aromatic rings. The molecule has 0 aliphatic rings. The third-order valence-corrected chi connectivity index (χ3v) is 3.77. The van der Waals surface area contributed by atoms with E-state index in [1.165, 1.54) is 10.8 Å². The van der Waals surface area contributed by atoms with Crippen LogP contribution >= 0.6 is 0 Å². The Bertz CT molecular complexity index is 746. The first-order valence-corrected chi connectivity index (χ1v) is 6.71. The van der Waals surface area contributed by atoms with Gasteiger partial charge in [-0.1, -0.05) is 36.4 Å². The van der Waals surface area contributed by atoms with E-state index in [0.717, 1.165) is 11.0 Å². The van der Waals surface area contributed by atoms with E-state index >= 15 is 0 Å². The highest BCUT2D eigenvalue weighted by atomic mass is 16.4. The predicted molar refractivity (Wildman–Crippen MR) is 81.0 cm³/mol. The Morgan fingerprint density at radius 3 is 1.90 bits per heavy atom. The van der Waals surface area contributed by atoms with Crippen LogP contribution in [0, 0.1) is 0 Å². The average Bonchev–Trinajstić information content (AvgIpc) is 2.72. The molecular weight excluding hydrogens is 250 g/mol. The summed E-state index contributed by atoms with van der Waals surface area (Å²) in [5.74, 6) is -0.781. The summed E-state index contributed by atoms with van der Waals surface area (Å²) in [5, 5.41) is 11.5. The van der Waals surface area contributed by atoms with Crippen LogP contribution in [0.4, 0.5) is 0 Å². The third kappa shape index (κ3) is 1.86. The summed E-state index contributed by atoms with van der Waals surface area (Å²) in [6, 6.07) is 16.3. The van der Waals surface area contributed by atoms with Crippen LogP contribution in [0.15, 0.2) is 48.5 Å². The minimum Gasteiger partial charge on any atom is -0.481 e. The second kappa shape index (κ2) is 4.37. The van der Waals surface area contributed by atoms with Crippen LogP contribution in [-0.2, 0) is 10.3 Å². The summed E-state index contributed by atoms with van der Waals surface area (Å²) in [6.07, 6.45) is 0.0929. The SMILES string of the molecule is CC(C)(CC(=O)O)n1c2ccccc2c2ccccc21. The summed E-state index contributed by atoms with van der Waals surface area (Å²) < 4.78 is 2.14. The summed E-state index contributed by atoms with van der Waals surface area (Å²) in [6.45, 7) is 3.94. The molecule has 0 spiro atoms. The second-order valence-electron chi connectivity index (χ2n) is 5.75. The fourth-order valence-electron chi connectivity index (χ4n) is 3.02. The van der Waals surface area contributed by atoms with Gasteiger partial charge >= 0.3 is 5.97 Å². The molecular formula is C17H17NO2. The van der Waals surface area contributed by atoms with Crippen LogP contribution in [0.2, 0.25) is 0 Å². The number of carboxylic acids is 1. The van der Waals surface area contributed by atoms with Crippen LogP contribution in [0.3, 0.4) is 0 Å². The van der Waals surface area contributed by atoms with Crippen LogP contribution < -0.4 is 0 Å². The van der Waals surface area contributed by atoms with E-state index in [1.54, 1.807) is 0 Å². The molecule has 0 bridgehead atoms. The number of para-hydroxylation sites is 2. The Balaban J connectivity index is 2.40. The molecule has 0 saturated carbocycles. The molecule has 1 N–H and O–H groups in total. The van der Waals surface area contributed by atoms with Gasteiger partial charge in [-0.25, -0.2) is 0 Å². The van der Waals surface area contributed by atoms with Crippen LogP contribution in [0.25, 0.3) is 21.8 Å². The smallest absolute Gasteiger partial charge is 0.305 e. The Morgan fingerprint density at radius 2 is 1.45 bits per heavy atom. The lowest BCUT2D eigenvalue weighted by Gasteiger charge is -2.27. The molecule has 3 heteroatoms. The van der Waals surface area contributed by atoms with E-state index in [4.69, 9.17) is 0 Å². The lowest BCUT2D eigenvalue weighted by Crippen LogP contribution is -2.29. The van der Waals surface area contributed by atoms with E-state index in [2.05, 4.69) is 28.8 Å². The number of carboxylic acid groups (broad SMARTS) is 1. The molecule has 0 saturated heterocycles. The van der Waals surface area contributed by atoms with Gasteiger partial charge in [-0.3, -0.25) is 4.79 Å². The van der Waals surface area contributed by atoms with Crippen molar-refractivity contribution in [2.45, 2.75) is 25.8 Å². The molecule has 102 valence electrons. The van der Waals surface area contributed by atoms with Crippen molar-refractivity contribution in [2.75, 3.05) is 0 Å². The highest BCUT2D eigenvalue weighted by molar-refractivity contribution is 6.08. The van der Waals surface area contributed by atoms with Crippen molar-refractivity contribution in [3.05, 3.63) is 48.5 Å². The Hall–Kier alpha value is -2.29. The van der Waals surface area contributed by atoms with Gasteiger partial charge in [-0.2, -0.15) is 0 Å². The minimum atomic E-state index is -0.781. The van der Waals surface area contributed by atoms with Crippen molar-refractivity contribution in [3.63, 3.8) is 0 Å². The molecule has 1 aromatic heterocycles. The van der Waals surface area contributed by atoms with E-state index in [9.17, 15) is 9.90 Å². The molecule has 3 rings (SSSR count). The minimum absolute atomic E-state index is 0.0929. The monoisotopic (exact) mass is 267 g/mol. The number of hydrogen-bond donors (Lipinski definition) is 1. The molecule has 0 amide bonds. The van der Waals surface area contributed by atoms with E-state index in [0.29, 0.717) is 0 Å². The van der Waals surface area contributed by atoms with Gasteiger partial charge in [0, 0.05) is 27.3 Å². The standard InChI is InChI=1S/C17H17NO2/c1-17(2,11-16(19)20)18-14-9-5-3-7-12(14)13-8-4-6-10-15(13)18/h3-10H,11H2,1-2H3,(H,19,20). The number of benzene rings is 2. The molecule has 1 heterocycles. The van der Waals surface area contributed by atoms with Crippen molar-refractivity contribution in [3.8, 4) is 0 Å². The maximum absolute atomic E-state index is 11.2. The number of rotatable bonds is 3. The average molecular weight is 267 g/mol. The molecule has 0 aliphatic carbocycles. The molecule has 2 aromatic carbocycles. The number of fused-ring (bicyclic) bond motifs is 3. The molecule has 0 unspecified atom stereocenters. The largest absolute Gasteiger partial charge is 0.481 e. The Morgan fingerprint density at radius 1 is 1.00 bits per heavy atom. The zero-order chi connectivity index (χ0) is 14.3. The lowest BCUT2D eigenvalue weighted by molar-refractivity contribution is -0.138. The molecule has 0 aliphatic heterocycles. The van der Waals surface area contributed by atoms with Crippen molar-refractivity contribution < 1.29 is 9.90 Å². The predicted octanol–water partition coefficient (Wildman–Crippen LogP) is 4.00. The zero-order valence-electron chi connectivity index (χ0n) is 11.6. The van der Waals surface area contributed by atoms with Gasteiger partial charge in [-0.05, 0) is 26.0 Å². The van der Waals surface area contributed by atoms with Gasteiger partial charge < -0.3 is 9.67 Å². The second-order valence-corrected chi connectivity index (χ2v) is 5.75. The normalized spacial score (nSPS) is 12.1. The summed E-state index contributed by atoms with van der Waals surface area (Å²) in [4.78, 5) is 11.2. The topological polar surface area (TPSA) is 42.2 Å². The zero-order valence-corrected chi connectivity index (χ0v) is 11.6. The third-order valence-electron chi connectivity index (χ3n) is 3.77. The highest BCUT2D eigenvalue weighted by Gasteiger charge is 2.27.